The van der Waals surface area contributed by atoms with E-state index in [-0.39, 0.29) is 23.4 Å². The highest BCUT2D eigenvalue weighted by atomic mass is 16.5. The fourth-order valence-electron chi connectivity index (χ4n) is 9.60. The van der Waals surface area contributed by atoms with Crippen molar-refractivity contribution in [3.05, 3.63) is 83.4 Å². The van der Waals surface area contributed by atoms with Crippen LogP contribution in [0.25, 0.3) is 0 Å². The van der Waals surface area contributed by atoms with Crippen LogP contribution in [-0.4, -0.2) is 17.2 Å². The van der Waals surface area contributed by atoms with E-state index in [1.54, 1.807) is 5.57 Å². The Balaban J connectivity index is 1.17. The molecule has 3 heteroatoms. The summed E-state index contributed by atoms with van der Waals surface area (Å²) in [6.45, 7) is 7.36. The standard InChI is InChI=1S/C35H44O3/c1-23(32(36)24-10-6-4-7-11-24)29-16-17-30-28-15-14-26-22-27(38-33(37)25-12-8-5-9-13-25)18-20-34(26,2)31(28)19-21-35(29,30)3/h4-14,23,27-32,36H,15-22H2,1-3H3/t23-,27-,28-,29+,30-,31-,32+,34-,35+/m0/s1. The molecule has 0 amide bonds. The minimum atomic E-state index is -0.390. The number of carbonyl (C=O) groups is 1. The molecule has 4 aliphatic carbocycles. The van der Waals surface area contributed by atoms with Crippen LogP contribution < -0.4 is 0 Å². The first-order valence-electron chi connectivity index (χ1n) is 15.0. The number of aliphatic hydroxyl groups is 1. The van der Waals surface area contributed by atoms with Gasteiger partial charge in [-0.3, -0.25) is 0 Å². The second-order valence-electron chi connectivity index (χ2n) is 13.3. The van der Waals surface area contributed by atoms with E-state index in [4.69, 9.17) is 4.74 Å². The highest BCUT2D eigenvalue weighted by Gasteiger charge is 2.59. The van der Waals surface area contributed by atoms with Gasteiger partial charge in [0.1, 0.15) is 6.10 Å². The van der Waals surface area contributed by atoms with Crippen molar-refractivity contribution in [2.45, 2.75) is 84.3 Å². The molecule has 0 aliphatic heterocycles. The topological polar surface area (TPSA) is 46.5 Å². The number of hydrogen-bond donors (Lipinski definition) is 1. The first kappa shape index (κ1) is 25.9. The van der Waals surface area contributed by atoms with Gasteiger partial charge in [-0.05, 0) is 103 Å². The number of ether oxygens (including phenoxy) is 1. The minimum Gasteiger partial charge on any atom is -0.458 e. The Morgan fingerprint density at radius 3 is 2.37 bits per heavy atom. The van der Waals surface area contributed by atoms with Crippen LogP contribution in [0.3, 0.4) is 0 Å². The molecule has 0 radical (unpaired) electrons. The zero-order chi connectivity index (χ0) is 26.5. The molecular weight excluding hydrogens is 468 g/mol. The fourth-order valence-corrected chi connectivity index (χ4v) is 9.60. The summed E-state index contributed by atoms with van der Waals surface area (Å²) >= 11 is 0. The molecule has 2 aromatic carbocycles. The molecule has 0 unspecified atom stereocenters. The first-order valence-corrected chi connectivity index (χ1v) is 15.0. The lowest BCUT2D eigenvalue weighted by Crippen LogP contribution is -2.51. The summed E-state index contributed by atoms with van der Waals surface area (Å²) in [5.41, 5.74) is 3.78. The molecular formula is C35H44O3. The van der Waals surface area contributed by atoms with Gasteiger partial charge >= 0.3 is 5.97 Å². The Kier molecular flexibility index (Phi) is 6.79. The average Bonchev–Trinajstić information content (AvgIpc) is 3.30. The number of rotatable bonds is 5. The lowest BCUT2D eigenvalue weighted by Gasteiger charge is -2.58. The Hall–Kier alpha value is -2.39. The summed E-state index contributed by atoms with van der Waals surface area (Å²) in [7, 11) is 0. The van der Waals surface area contributed by atoms with Crippen LogP contribution in [0, 0.1) is 40.4 Å². The highest BCUT2D eigenvalue weighted by Crippen LogP contribution is 2.67. The number of esters is 1. The van der Waals surface area contributed by atoms with Gasteiger partial charge in [0.25, 0.3) is 0 Å². The van der Waals surface area contributed by atoms with Crippen LogP contribution in [-0.2, 0) is 4.74 Å². The third-order valence-electron chi connectivity index (χ3n) is 11.7. The van der Waals surface area contributed by atoms with Crippen LogP contribution in [0.4, 0.5) is 0 Å². The average molecular weight is 513 g/mol. The van der Waals surface area contributed by atoms with Gasteiger partial charge in [-0.15, -0.1) is 0 Å². The summed E-state index contributed by atoms with van der Waals surface area (Å²) in [6.07, 6.45) is 11.4. The Labute approximate surface area is 228 Å². The van der Waals surface area contributed by atoms with Gasteiger partial charge in [0, 0.05) is 6.42 Å². The lowest BCUT2D eigenvalue weighted by molar-refractivity contribution is -0.0690. The van der Waals surface area contributed by atoms with E-state index in [1.807, 2.05) is 48.5 Å². The van der Waals surface area contributed by atoms with Gasteiger partial charge < -0.3 is 9.84 Å². The summed E-state index contributed by atoms with van der Waals surface area (Å²) < 4.78 is 5.99. The number of aliphatic hydroxyl groups excluding tert-OH is 1. The van der Waals surface area contributed by atoms with Crippen LogP contribution in [0.2, 0.25) is 0 Å². The predicted octanol–water partition coefficient (Wildman–Crippen LogP) is 8.16. The molecule has 3 saturated carbocycles. The molecule has 202 valence electrons. The van der Waals surface area contributed by atoms with Gasteiger partial charge in [0.15, 0.2) is 0 Å². The molecule has 9 atom stereocenters. The molecule has 6 rings (SSSR count). The van der Waals surface area contributed by atoms with Crippen molar-refractivity contribution in [2.24, 2.45) is 40.4 Å². The third kappa shape index (κ3) is 4.26. The maximum Gasteiger partial charge on any atom is 0.338 e. The summed E-state index contributed by atoms with van der Waals surface area (Å²) in [5.74, 6) is 2.83. The Morgan fingerprint density at radius 1 is 0.921 bits per heavy atom. The second-order valence-corrected chi connectivity index (χ2v) is 13.3. The molecule has 0 spiro atoms. The van der Waals surface area contributed by atoms with Gasteiger partial charge in [0.2, 0.25) is 0 Å². The third-order valence-corrected chi connectivity index (χ3v) is 11.7. The van der Waals surface area contributed by atoms with E-state index in [0.29, 0.717) is 16.9 Å². The van der Waals surface area contributed by atoms with Crippen molar-refractivity contribution in [3.63, 3.8) is 0 Å². The monoisotopic (exact) mass is 512 g/mol. The molecule has 4 aliphatic rings. The zero-order valence-corrected chi connectivity index (χ0v) is 23.3. The molecule has 1 N–H and O–H groups in total. The molecule has 3 fully saturated rings. The number of carbonyl (C=O) groups excluding carboxylic acids is 1. The van der Waals surface area contributed by atoms with E-state index >= 15 is 0 Å². The summed E-state index contributed by atoms with van der Waals surface area (Å²) in [4.78, 5) is 12.7. The molecule has 0 saturated heterocycles. The van der Waals surface area contributed by atoms with Gasteiger partial charge in [-0.1, -0.05) is 81.0 Å². The van der Waals surface area contributed by atoms with Crippen molar-refractivity contribution >= 4 is 5.97 Å². The van der Waals surface area contributed by atoms with E-state index in [0.717, 1.165) is 49.0 Å². The van der Waals surface area contributed by atoms with Crippen molar-refractivity contribution in [1.29, 1.82) is 0 Å². The Bertz CT molecular complexity index is 1170. The minimum absolute atomic E-state index is 0.0105. The summed E-state index contributed by atoms with van der Waals surface area (Å²) in [6, 6.07) is 19.7. The number of allylic oxidation sites excluding steroid dienone is 1. The molecule has 3 nitrogen and oxygen atoms in total. The predicted molar refractivity (Wildman–Crippen MR) is 151 cm³/mol. The van der Waals surface area contributed by atoms with E-state index in [1.165, 1.54) is 25.7 Å². The van der Waals surface area contributed by atoms with Crippen LogP contribution >= 0.6 is 0 Å². The van der Waals surface area contributed by atoms with E-state index in [9.17, 15) is 9.90 Å². The Morgan fingerprint density at radius 2 is 1.63 bits per heavy atom. The van der Waals surface area contributed by atoms with Crippen LogP contribution in [0.1, 0.15) is 94.2 Å². The number of fused-ring (bicyclic) bond motifs is 5. The van der Waals surface area contributed by atoms with Crippen LogP contribution in [0.5, 0.6) is 0 Å². The quantitative estimate of drug-likeness (QED) is 0.325. The molecule has 38 heavy (non-hydrogen) atoms. The lowest BCUT2D eigenvalue weighted by atomic mass is 9.47. The summed E-state index contributed by atoms with van der Waals surface area (Å²) in [5, 5.41) is 11.3. The molecule has 0 aromatic heterocycles. The largest absolute Gasteiger partial charge is 0.458 e. The maximum absolute atomic E-state index is 12.7. The number of benzene rings is 2. The van der Waals surface area contributed by atoms with Crippen molar-refractivity contribution in [3.8, 4) is 0 Å². The zero-order valence-electron chi connectivity index (χ0n) is 23.3. The molecule has 0 bridgehead atoms. The highest BCUT2D eigenvalue weighted by molar-refractivity contribution is 5.89. The first-order chi connectivity index (χ1) is 18.3. The fraction of sp³-hybridized carbons (Fsp3) is 0.571. The maximum atomic E-state index is 12.7. The van der Waals surface area contributed by atoms with Crippen molar-refractivity contribution in [1.82, 2.24) is 0 Å². The van der Waals surface area contributed by atoms with Gasteiger partial charge in [-0.25, -0.2) is 4.79 Å². The van der Waals surface area contributed by atoms with E-state index in [2.05, 4.69) is 39.0 Å². The smallest absolute Gasteiger partial charge is 0.338 e. The second kappa shape index (κ2) is 9.97. The number of hydrogen-bond acceptors (Lipinski definition) is 3. The molecule has 2 aromatic rings. The van der Waals surface area contributed by atoms with Gasteiger partial charge in [0.05, 0.1) is 11.7 Å². The van der Waals surface area contributed by atoms with E-state index < -0.39 is 6.10 Å². The van der Waals surface area contributed by atoms with Crippen molar-refractivity contribution < 1.29 is 14.6 Å². The van der Waals surface area contributed by atoms with Crippen LogP contribution in [0.15, 0.2) is 72.3 Å². The van der Waals surface area contributed by atoms with Gasteiger partial charge in [-0.2, -0.15) is 0 Å². The SMILES string of the molecule is C[C@@H]([C@H]1CC[C@H]2[C@@H]3CC=C4C[C@@H](OC(=O)c5ccccc5)CC[C@]4(C)[C@H]3CC[C@]12C)[C@@H](O)c1ccccc1. The normalized spacial score (nSPS) is 37.7. The van der Waals surface area contributed by atoms with Crippen molar-refractivity contribution in [2.75, 3.05) is 0 Å². The molecule has 0 heterocycles.